The number of benzene rings is 11. The van der Waals surface area contributed by atoms with Gasteiger partial charge in [0.1, 0.15) is 0 Å². The van der Waals surface area contributed by atoms with Crippen molar-refractivity contribution in [3.05, 3.63) is 303 Å². The Hall–Kier alpha value is -10.2. The van der Waals surface area contributed by atoms with Gasteiger partial charge in [-0.05, 0) is 161 Å². The van der Waals surface area contributed by atoms with Crippen molar-refractivity contribution in [1.82, 2.24) is 9.13 Å². The Balaban J connectivity index is 1.01. The molecule has 11 aromatic carbocycles. The minimum absolute atomic E-state index is 1.02. The zero-order valence-electron chi connectivity index (χ0n) is 41.9. The van der Waals surface area contributed by atoms with Gasteiger partial charge in [-0.25, -0.2) is 0 Å². The summed E-state index contributed by atoms with van der Waals surface area (Å²) in [4.78, 5) is 4.66. The van der Waals surface area contributed by atoms with E-state index in [-0.39, 0.29) is 0 Å². The standard InChI is InChI=1S/C72H52N4/c1-3-62-66-46-40-52(50-71(66)75(68(62)4-2)57-31-16-8-17-32-57)64-38-23-37-63(72(64)53-41-47-70-67(49-53)65-36-20-21-39-69(65)76(70)58-33-18-9-19-34-58)51-24-22-35-61(48-51)74(56-29-14-7-15-30-56)60-44-42-59(43-45-60)73(54-25-10-5-11-26-54)55-27-12-6-13-28-55/h3-50H,1-2H2. The fourth-order valence-corrected chi connectivity index (χ4v) is 11.3. The highest BCUT2D eigenvalue weighted by molar-refractivity contribution is 6.12. The highest BCUT2D eigenvalue weighted by atomic mass is 15.2. The molecule has 0 radical (unpaired) electrons. The molecule has 0 saturated carbocycles. The van der Waals surface area contributed by atoms with Gasteiger partial charge in [0.2, 0.25) is 0 Å². The lowest BCUT2D eigenvalue weighted by atomic mass is 9.86. The Morgan fingerprint density at radius 2 is 0.750 bits per heavy atom. The molecule has 0 N–H and O–H groups in total. The molecule has 2 aromatic heterocycles. The first-order valence-electron chi connectivity index (χ1n) is 25.8. The molecular weight excluding hydrogens is 921 g/mol. The van der Waals surface area contributed by atoms with Crippen LogP contribution in [0.15, 0.2) is 292 Å². The van der Waals surface area contributed by atoms with Gasteiger partial charge in [0.05, 0.1) is 22.2 Å². The van der Waals surface area contributed by atoms with Crippen LogP contribution in [0.5, 0.6) is 0 Å². The fourth-order valence-electron chi connectivity index (χ4n) is 11.3. The van der Waals surface area contributed by atoms with E-state index in [1.165, 1.54) is 16.3 Å². The number of para-hydroxylation sites is 6. The highest BCUT2D eigenvalue weighted by Crippen LogP contribution is 2.46. The minimum Gasteiger partial charge on any atom is -0.311 e. The number of hydrogen-bond acceptors (Lipinski definition) is 2. The third-order valence-corrected chi connectivity index (χ3v) is 14.6. The molecule has 0 saturated heterocycles. The van der Waals surface area contributed by atoms with Crippen molar-refractivity contribution in [2.45, 2.75) is 0 Å². The summed E-state index contributed by atoms with van der Waals surface area (Å²) in [5.74, 6) is 0. The van der Waals surface area contributed by atoms with Crippen LogP contribution in [0.3, 0.4) is 0 Å². The summed E-state index contributed by atoms with van der Waals surface area (Å²) in [6, 6.07) is 100. The number of anilines is 6. The minimum atomic E-state index is 1.02. The van der Waals surface area contributed by atoms with Crippen molar-refractivity contribution in [3.63, 3.8) is 0 Å². The second-order valence-corrected chi connectivity index (χ2v) is 19.0. The van der Waals surface area contributed by atoms with Gasteiger partial charge in [0.15, 0.2) is 0 Å². The summed E-state index contributed by atoms with van der Waals surface area (Å²) in [6.07, 6.45) is 3.90. The van der Waals surface area contributed by atoms with E-state index in [9.17, 15) is 0 Å². The summed E-state index contributed by atoms with van der Waals surface area (Å²) in [5, 5.41) is 3.53. The van der Waals surface area contributed by atoms with Crippen LogP contribution in [0, 0.1) is 0 Å². The molecule has 13 rings (SSSR count). The molecule has 4 heteroatoms. The van der Waals surface area contributed by atoms with Crippen molar-refractivity contribution >= 4 is 79.0 Å². The number of nitrogens with zero attached hydrogens (tertiary/aromatic N) is 4. The topological polar surface area (TPSA) is 16.3 Å². The molecule has 0 atom stereocenters. The first-order chi connectivity index (χ1) is 37.6. The number of hydrogen-bond donors (Lipinski definition) is 0. The summed E-state index contributed by atoms with van der Waals surface area (Å²) in [5.41, 5.74) is 20.9. The fraction of sp³-hybridized carbons (Fsp3) is 0. The highest BCUT2D eigenvalue weighted by Gasteiger charge is 2.22. The predicted molar refractivity (Wildman–Crippen MR) is 323 cm³/mol. The molecule has 2 heterocycles. The van der Waals surface area contributed by atoms with Crippen LogP contribution in [0.2, 0.25) is 0 Å². The number of aromatic nitrogens is 2. The second kappa shape index (κ2) is 19.7. The zero-order chi connectivity index (χ0) is 51.0. The molecule has 0 bridgehead atoms. The van der Waals surface area contributed by atoms with Crippen LogP contribution < -0.4 is 9.80 Å². The van der Waals surface area contributed by atoms with E-state index in [2.05, 4.69) is 311 Å². The normalized spacial score (nSPS) is 11.3. The van der Waals surface area contributed by atoms with Crippen molar-refractivity contribution in [2.75, 3.05) is 9.80 Å². The summed E-state index contributed by atoms with van der Waals surface area (Å²) >= 11 is 0. The van der Waals surface area contributed by atoms with Crippen LogP contribution in [-0.4, -0.2) is 9.13 Å². The molecule has 13 aromatic rings. The Kier molecular flexibility index (Phi) is 11.8. The molecule has 360 valence electrons. The van der Waals surface area contributed by atoms with E-state index in [1.807, 2.05) is 12.2 Å². The van der Waals surface area contributed by atoms with E-state index in [1.54, 1.807) is 0 Å². The van der Waals surface area contributed by atoms with Crippen LogP contribution in [0.1, 0.15) is 11.3 Å². The average Bonchev–Trinajstić information content (AvgIpc) is 4.03. The van der Waals surface area contributed by atoms with Gasteiger partial charge in [0, 0.05) is 67.2 Å². The van der Waals surface area contributed by atoms with E-state index in [0.29, 0.717) is 0 Å². The summed E-state index contributed by atoms with van der Waals surface area (Å²) < 4.78 is 4.70. The van der Waals surface area contributed by atoms with Crippen molar-refractivity contribution < 1.29 is 0 Å². The van der Waals surface area contributed by atoms with Gasteiger partial charge in [-0.15, -0.1) is 0 Å². The van der Waals surface area contributed by atoms with E-state index >= 15 is 0 Å². The lowest BCUT2D eigenvalue weighted by Gasteiger charge is -2.28. The van der Waals surface area contributed by atoms with Gasteiger partial charge in [-0.2, -0.15) is 0 Å². The first kappa shape index (κ1) is 45.7. The van der Waals surface area contributed by atoms with Crippen LogP contribution in [0.25, 0.3) is 89.6 Å². The lowest BCUT2D eigenvalue weighted by molar-refractivity contribution is 1.11. The van der Waals surface area contributed by atoms with Crippen LogP contribution in [-0.2, 0) is 0 Å². The summed E-state index contributed by atoms with van der Waals surface area (Å²) in [7, 11) is 0. The predicted octanol–water partition coefficient (Wildman–Crippen LogP) is 20.0. The summed E-state index contributed by atoms with van der Waals surface area (Å²) in [6.45, 7) is 8.55. The van der Waals surface area contributed by atoms with Crippen molar-refractivity contribution in [2.24, 2.45) is 0 Å². The van der Waals surface area contributed by atoms with Crippen LogP contribution >= 0.6 is 0 Å². The maximum absolute atomic E-state index is 4.28. The molecular formula is C72H52N4. The third kappa shape index (κ3) is 8.06. The first-order valence-corrected chi connectivity index (χ1v) is 25.8. The van der Waals surface area contributed by atoms with E-state index < -0.39 is 0 Å². The molecule has 76 heavy (non-hydrogen) atoms. The van der Waals surface area contributed by atoms with Gasteiger partial charge < -0.3 is 18.9 Å². The molecule has 4 nitrogen and oxygen atoms in total. The molecule has 0 spiro atoms. The molecule has 0 fully saturated rings. The van der Waals surface area contributed by atoms with E-state index in [0.717, 1.165) is 107 Å². The Labute approximate surface area is 443 Å². The molecule has 0 aliphatic carbocycles. The SMILES string of the molecule is C=Cc1c(C=C)n(-c2ccccc2)c2cc(-c3cccc(-c4cccc(N(c5ccccc5)c5ccc(N(c6ccccc6)c6ccccc6)cc5)c4)c3-c3ccc4c(c3)c3ccccc3n4-c3ccccc3)ccc12. The average molecular weight is 973 g/mol. The Morgan fingerprint density at radius 3 is 1.33 bits per heavy atom. The molecule has 0 amide bonds. The van der Waals surface area contributed by atoms with Crippen LogP contribution in [0.4, 0.5) is 34.1 Å². The van der Waals surface area contributed by atoms with Gasteiger partial charge >= 0.3 is 0 Å². The number of fused-ring (bicyclic) bond motifs is 4. The third-order valence-electron chi connectivity index (χ3n) is 14.6. The monoisotopic (exact) mass is 972 g/mol. The van der Waals surface area contributed by atoms with Gasteiger partial charge in [0.25, 0.3) is 0 Å². The molecule has 0 unspecified atom stereocenters. The van der Waals surface area contributed by atoms with Crippen molar-refractivity contribution in [1.29, 1.82) is 0 Å². The van der Waals surface area contributed by atoms with E-state index in [4.69, 9.17) is 0 Å². The smallest absolute Gasteiger partial charge is 0.0547 e. The largest absolute Gasteiger partial charge is 0.311 e. The van der Waals surface area contributed by atoms with Gasteiger partial charge in [-0.3, -0.25) is 0 Å². The number of rotatable bonds is 13. The maximum Gasteiger partial charge on any atom is 0.0547 e. The maximum atomic E-state index is 4.28. The second-order valence-electron chi connectivity index (χ2n) is 19.0. The zero-order valence-corrected chi connectivity index (χ0v) is 41.9. The van der Waals surface area contributed by atoms with Gasteiger partial charge in [-0.1, -0.05) is 177 Å². The lowest BCUT2D eigenvalue weighted by Crippen LogP contribution is -2.12. The Morgan fingerprint density at radius 1 is 0.289 bits per heavy atom. The quantitative estimate of drug-likeness (QED) is 0.114. The van der Waals surface area contributed by atoms with Crippen molar-refractivity contribution in [3.8, 4) is 44.8 Å². The molecule has 0 aliphatic heterocycles. The molecule has 0 aliphatic rings. The Bertz CT molecular complexity index is 4190.